The molecule has 2 aliphatic heterocycles. The highest BCUT2D eigenvalue weighted by Gasteiger charge is 2.39. The number of aromatic nitrogens is 2. The summed E-state index contributed by atoms with van der Waals surface area (Å²) in [4.78, 5) is 46.5. The average Bonchev–Trinajstić information content (AvgIpc) is 3.79. The maximum absolute atomic E-state index is 13.2. The smallest absolute Gasteiger partial charge is 0.490 e. The first-order valence-electron chi connectivity index (χ1n) is 14.3. The van der Waals surface area contributed by atoms with Crippen LogP contribution < -0.4 is 15.4 Å². The molecule has 266 valence electrons. The Bertz CT molecular complexity index is 1590. The Morgan fingerprint density at radius 3 is 2.14 bits per heavy atom. The average molecular weight is 720 g/mol. The van der Waals surface area contributed by atoms with Gasteiger partial charge in [0, 0.05) is 36.3 Å². The number of amides is 2. The first kappa shape index (κ1) is 38.7. The number of carbonyl (C=O) groups excluding carboxylic acids is 2. The molecule has 2 amide bonds. The zero-order valence-electron chi connectivity index (χ0n) is 25.7. The Hall–Kier alpha value is -4.78. The van der Waals surface area contributed by atoms with E-state index in [0.717, 1.165) is 53.3 Å². The number of carbonyl (C=O) groups is 4. The molecule has 12 nitrogen and oxygen atoms in total. The fourth-order valence-corrected chi connectivity index (χ4v) is 5.50. The minimum Gasteiger partial charge on any atom is -0.497 e. The maximum atomic E-state index is 13.2. The van der Waals surface area contributed by atoms with Gasteiger partial charge in [0.25, 0.3) is 0 Å². The first-order chi connectivity index (χ1) is 23.0. The molecule has 3 heterocycles. The quantitative estimate of drug-likeness (QED) is 0.170. The lowest BCUT2D eigenvalue weighted by Gasteiger charge is -2.26. The van der Waals surface area contributed by atoms with Crippen LogP contribution in [-0.4, -0.2) is 93.4 Å². The molecule has 2 aliphatic rings. The van der Waals surface area contributed by atoms with Crippen LogP contribution in [0.5, 0.6) is 5.75 Å². The first-order valence-corrected chi connectivity index (χ1v) is 15.3. The summed E-state index contributed by atoms with van der Waals surface area (Å²) in [7, 11) is 1.65. The molecular weight excluding hydrogens is 688 g/mol. The van der Waals surface area contributed by atoms with E-state index in [4.69, 9.17) is 24.5 Å². The van der Waals surface area contributed by atoms with Crippen molar-refractivity contribution in [1.29, 1.82) is 0 Å². The van der Waals surface area contributed by atoms with E-state index in [9.17, 15) is 35.9 Å². The fourth-order valence-electron chi connectivity index (χ4n) is 4.55. The highest BCUT2D eigenvalue weighted by Crippen LogP contribution is 2.33. The number of nitrogens with one attached hydrogen (secondary N) is 3. The van der Waals surface area contributed by atoms with E-state index in [1.54, 1.807) is 13.3 Å². The van der Waals surface area contributed by atoms with Gasteiger partial charge in [0.15, 0.2) is 0 Å². The number of rotatable bonds is 7. The summed E-state index contributed by atoms with van der Waals surface area (Å²) in [6.45, 7) is 2.29. The molecule has 5 rings (SSSR count). The molecule has 1 atom stereocenters. The number of thioether (sulfide) groups is 1. The van der Waals surface area contributed by atoms with Crippen molar-refractivity contribution in [2.75, 3.05) is 31.3 Å². The third kappa shape index (κ3) is 11.7. The minimum absolute atomic E-state index is 0.0951. The number of benzene rings is 2. The van der Waals surface area contributed by atoms with Gasteiger partial charge in [0.2, 0.25) is 11.8 Å². The molecular formula is C30H31F6N5O7S. The summed E-state index contributed by atoms with van der Waals surface area (Å²) in [5.41, 5.74) is 4.93. The van der Waals surface area contributed by atoms with E-state index in [1.165, 1.54) is 17.3 Å². The molecule has 3 aromatic rings. The van der Waals surface area contributed by atoms with Gasteiger partial charge in [0.1, 0.15) is 5.75 Å². The second kappa shape index (κ2) is 17.0. The number of anilines is 1. The summed E-state index contributed by atoms with van der Waals surface area (Å²) >= 11 is 1.46. The number of ether oxygens (including phenoxy) is 1. The van der Waals surface area contributed by atoms with Gasteiger partial charge in [0.05, 0.1) is 30.8 Å². The number of carboxylic acid groups (broad SMARTS) is 2. The lowest BCUT2D eigenvalue weighted by Crippen LogP contribution is -2.44. The van der Waals surface area contributed by atoms with E-state index >= 15 is 0 Å². The molecule has 5 N–H and O–H groups in total. The van der Waals surface area contributed by atoms with E-state index in [1.807, 2.05) is 47.5 Å². The van der Waals surface area contributed by atoms with E-state index in [-0.39, 0.29) is 17.9 Å². The second-order valence-corrected chi connectivity index (χ2v) is 11.5. The molecule has 1 saturated heterocycles. The number of H-pyrrole nitrogens is 1. The molecule has 0 saturated carbocycles. The van der Waals surface area contributed by atoms with Gasteiger partial charge >= 0.3 is 24.3 Å². The molecule has 19 heteroatoms. The lowest BCUT2D eigenvalue weighted by atomic mass is 9.95. The van der Waals surface area contributed by atoms with Crippen molar-refractivity contribution in [3.63, 3.8) is 0 Å². The summed E-state index contributed by atoms with van der Waals surface area (Å²) in [6.07, 6.45) is -3.86. The normalized spacial score (nSPS) is 15.5. The van der Waals surface area contributed by atoms with Crippen LogP contribution in [-0.2, 0) is 32.1 Å². The fraction of sp³-hybridized carbons (Fsp3) is 0.367. The number of alkyl halides is 6. The van der Waals surface area contributed by atoms with Gasteiger partial charge in [-0.3, -0.25) is 14.7 Å². The van der Waals surface area contributed by atoms with Gasteiger partial charge in [-0.1, -0.05) is 12.1 Å². The monoisotopic (exact) mass is 719 g/mol. The predicted molar refractivity (Wildman–Crippen MR) is 164 cm³/mol. The zero-order chi connectivity index (χ0) is 36.4. The van der Waals surface area contributed by atoms with Crippen molar-refractivity contribution in [2.24, 2.45) is 0 Å². The van der Waals surface area contributed by atoms with Crippen LogP contribution in [0.2, 0.25) is 0 Å². The molecule has 0 spiro atoms. The molecule has 0 aliphatic carbocycles. The highest BCUT2D eigenvalue weighted by atomic mass is 32.2. The van der Waals surface area contributed by atoms with Gasteiger partial charge < -0.3 is 30.5 Å². The van der Waals surface area contributed by atoms with Gasteiger partial charge in [-0.15, -0.1) is 11.8 Å². The number of halogens is 6. The van der Waals surface area contributed by atoms with Gasteiger partial charge in [-0.25, -0.2) is 9.59 Å². The number of likely N-dealkylation sites (tertiary alicyclic amines) is 1. The van der Waals surface area contributed by atoms with Crippen LogP contribution in [0.1, 0.15) is 24.0 Å². The summed E-state index contributed by atoms with van der Waals surface area (Å²) < 4.78 is 68.8. The minimum atomic E-state index is -5.08. The van der Waals surface area contributed by atoms with Crippen LogP contribution in [0.25, 0.3) is 11.1 Å². The number of hydrogen-bond acceptors (Lipinski definition) is 8. The third-order valence-corrected chi connectivity index (χ3v) is 8.10. The van der Waals surface area contributed by atoms with Crippen LogP contribution in [0, 0.1) is 0 Å². The van der Waals surface area contributed by atoms with Gasteiger partial charge in [-0.2, -0.15) is 31.4 Å². The molecule has 0 radical (unpaired) electrons. The SMILES string of the molecule is COc1ccc2c(c1)C[C@H](C(=O)Nc1ccc(-c3cn[nH]c3)cc1SCC(=O)N1CCCC1)NC2.O=C(O)C(F)(F)F.O=C(O)C(F)(F)F. The van der Waals surface area contributed by atoms with E-state index in [0.29, 0.717) is 24.4 Å². The number of aliphatic carboxylic acids is 2. The number of hydrogen-bond donors (Lipinski definition) is 5. The van der Waals surface area contributed by atoms with Crippen LogP contribution in [0.15, 0.2) is 53.7 Å². The van der Waals surface area contributed by atoms with Gasteiger partial charge in [-0.05, 0) is 60.2 Å². The van der Waals surface area contributed by atoms with Crippen LogP contribution >= 0.6 is 11.8 Å². The van der Waals surface area contributed by atoms with E-state index in [2.05, 4.69) is 20.8 Å². The standard InChI is InChI=1S/C26H29N5O3S.2C2HF3O2/c1-34-21-6-4-18-13-27-23(11-19(18)10-21)26(33)30-22-7-5-17(20-14-28-29-15-20)12-24(22)35-16-25(32)31-8-2-3-9-31;2*3-2(4,5)1(6)7/h4-7,10,12,14-15,23,27H,2-3,8-9,11,13,16H2,1H3,(H,28,29)(H,30,33);2*(H,6,7)/t23-;;/m1../s1. The Labute approximate surface area is 279 Å². The van der Waals surface area contributed by atoms with Crippen LogP contribution in [0.3, 0.4) is 0 Å². The summed E-state index contributed by atoms with van der Waals surface area (Å²) in [6, 6.07) is 11.5. The van der Waals surface area contributed by atoms with Crippen molar-refractivity contribution in [2.45, 2.75) is 49.1 Å². The maximum Gasteiger partial charge on any atom is 0.490 e. The van der Waals surface area contributed by atoms with Crippen molar-refractivity contribution in [3.8, 4) is 16.9 Å². The lowest BCUT2D eigenvalue weighted by molar-refractivity contribution is -0.193. The third-order valence-electron chi connectivity index (χ3n) is 7.06. The molecule has 2 aromatic carbocycles. The number of fused-ring (bicyclic) bond motifs is 1. The number of nitrogens with zero attached hydrogens (tertiary/aromatic N) is 2. The molecule has 0 unspecified atom stereocenters. The topological polar surface area (TPSA) is 174 Å². The largest absolute Gasteiger partial charge is 0.497 e. The Balaban J connectivity index is 0.000000392. The summed E-state index contributed by atoms with van der Waals surface area (Å²) in [5, 5.41) is 27.6. The Kier molecular flexibility index (Phi) is 13.5. The van der Waals surface area contributed by atoms with Crippen molar-refractivity contribution in [3.05, 3.63) is 59.9 Å². The predicted octanol–water partition coefficient (Wildman–Crippen LogP) is 4.72. The second-order valence-electron chi connectivity index (χ2n) is 10.4. The van der Waals surface area contributed by atoms with Crippen LogP contribution in [0.4, 0.5) is 32.0 Å². The van der Waals surface area contributed by atoms with E-state index < -0.39 is 24.3 Å². The van der Waals surface area contributed by atoms with Crippen molar-refractivity contribution < 1.29 is 60.5 Å². The van der Waals surface area contributed by atoms with Crippen molar-refractivity contribution in [1.82, 2.24) is 20.4 Å². The molecule has 1 aromatic heterocycles. The molecule has 1 fully saturated rings. The Morgan fingerprint density at radius 1 is 0.959 bits per heavy atom. The Morgan fingerprint density at radius 2 is 1.59 bits per heavy atom. The number of aromatic amines is 1. The molecule has 0 bridgehead atoms. The highest BCUT2D eigenvalue weighted by molar-refractivity contribution is 8.00. The zero-order valence-corrected chi connectivity index (χ0v) is 26.5. The van der Waals surface area contributed by atoms with Crippen molar-refractivity contribution >= 4 is 41.2 Å². The molecule has 49 heavy (non-hydrogen) atoms. The summed E-state index contributed by atoms with van der Waals surface area (Å²) in [5.74, 6) is -4.34. The number of carboxylic acids is 2. The number of methoxy groups -OCH3 is 1.